The Kier molecular flexibility index (Phi) is 4.28. The average Bonchev–Trinajstić information content (AvgIpc) is 1.90. The molecule has 0 aliphatic heterocycles. The largest absolute Gasteiger partial charge is 0.402 e. The third-order valence-electron chi connectivity index (χ3n) is 1.44. The van der Waals surface area contributed by atoms with E-state index in [9.17, 15) is 0 Å². The fraction of sp³-hybridized carbons (Fsp3) is 0.500. The van der Waals surface area contributed by atoms with Gasteiger partial charge < -0.3 is 5.73 Å². The Bertz CT molecular complexity index is 164. The summed E-state index contributed by atoms with van der Waals surface area (Å²) in [6, 6.07) is 0. The van der Waals surface area contributed by atoms with Crippen molar-refractivity contribution in [3.63, 3.8) is 0 Å². The highest BCUT2D eigenvalue weighted by atomic mass is 32.2. The number of nitrogens with two attached hydrogens (primary N) is 1. The zero-order valence-electron chi connectivity index (χ0n) is 7.06. The Morgan fingerprint density at radius 1 is 1.40 bits per heavy atom. The smallest absolute Gasteiger partial charge is 0.00897 e. The molecule has 0 bridgehead atoms. The normalized spacial score (nSPS) is 15.0. The first-order valence-corrected chi connectivity index (χ1v) is 4.49. The van der Waals surface area contributed by atoms with Crippen LogP contribution in [0.5, 0.6) is 0 Å². The molecule has 0 fully saturated rings. The van der Waals surface area contributed by atoms with Gasteiger partial charge in [0, 0.05) is 10.6 Å². The van der Waals surface area contributed by atoms with E-state index >= 15 is 0 Å². The summed E-state index contributed by atoms with van der Waals surface area (Å²) < 4.78 is 0. The lowest BCUT2D eigenvalue weighted by Crippen LogP contribution is -1.96. The van der Waals surface area contributed by atoms with Gasteiger partial charge in [-0.3, -0.25) is 0 Å². The first kappa shape index (κ1) is 9.63. The highest BCUT2D eigenvalue weighted by Gasteiger charge is 1.97. The summed E-state index contributed by atoms with van der Waals surface area (Å²) in [5.74, 6) is 0. The van der Waals surface area contributed by atoms with Gasteiger partial charge in [-0.1, -0.05) is 6.08 Å². The molecule has 10 heavy (non-hydrogen) atoms. The van der Waals surface area contributed by atoms with Gasteiger partial charge in [0.05, 0.1) is 0 Å². The topological polar surface area (TPSA) is 26.0 Å². The van der Waals surface area contributed by atoms with Crippen molar-refractivity contribution in [2.45, 2.75) is 20.8 Å². The van der Waals surface area contributed by atoms with Crippen molar-refractivity contribution < 1.29 is 0 Å². The molecular weight excluding hydrogens is 142 g/mol. The van der Waals surface area contributed by atoms with Crippen molar-refractivity contribution in [3.05, 3.63) is 22.3 Å². The molecule has 1 nitrogen and oxygen atoms in total. The fourth-order valence-corrected chi connectivity index (χ4v) is 1.38. The van der Waals surface area contributed by atoms with Crippen molar-refractivity contribution in [1.82, 2.24) is 0 Å². The minimum absolute atomic E-state index is 0.905. The molecular formula is C8H15NS. The lowest BCUT2D eigenvalue weighted by molar-refractivity contribution is 1.23. The molecule has 0 atom stereocenters. The molecule has 2 N–H and O–H groups in total. The molecule has 0 saturated heterocycles. The molecule has 0 aliphatic carbocycles. The van der Waals surface area contributed by atoms with Gasteiger partial charge in [-0.2, -0.15) is 0 Å². The van der Waals surface area contributed by atoms with Crippen LogP contribution < -0.4 is 5.73 Å². The van der Waals surface area contributed by atoms with Crippen LogP contribution in [0, 0.1) is 0 Å². The van der Waals surface area contributed by atoms with Gasteiger partial charge in [-0.25, -0.2) is 0 Å². The highest BCUT2D eigenvalue weighted by molar-refractivity contribution is 8.02. The van der Waals surface area contributed by atoms with Crippen molar-refractivity contribution in [2.75, 3.05) is 6.26 Å². The Morgan fingerprint density at radius 2 is 1.90 bits per heavy atom. The van der Waals surface area contributed by atoms with Gasteiger partial charge in [0.2, 0.25) is 0 Å². The van der Waals surface area contributed by atoms with Gasteiger partial charge in [0.25, 0.3) is 0 Å². The van der Waals surface area contributed by atoms with Gasteiger partial charge in [-0.15, -0.1) is 11.8 Å². The Labute approximate surface area is 67.4 Å². The van der Waals surface area contributed by atoms with Gasteiger partial charge in [0.1, 0.15) is 0 Å². The van der Waals surface area contributed by atoms with E-state index in [1.54, 1.807) is 11.8 Å². The fourth-order valence-electron chi connectivity index (χ4n) is 0.682. The predicted molar refractivity (Wildman–Crippen MR) is 49.8 cm³/mol. The second kappa shape index (κ2) is 4.45. The van der Waals surface area contributed by atoms with Crippen LogP contribution in [0.3, 0.4) is 0 Å². The van der Waals surface area contributed by atoms with Crippen LogP contribution >= 0.6 is 11.8 Å². The van der Waals surface area contributed by atoms with E-state index in [4.69, 9.17) is 5.73 Å². The zero-order chi connectivity index (χ0) is 8.15. The minimum Gasteiger partial charge on any atom is -0.402 e. The van der Waals surface area contributed by atoms with Gasteiger partial charge in [-0.05, 0) is 32.6 Å². The number of hydrogen-bond donors (Lipinski definition) is 1. The first-order chi connectivity index (χ1) is 4.63. The van der Waals surface area contributed by atoms with E-state index in [1.807, 2.05) is 20.8 Å². The molecule has 0 aromatic carbocycles. The molecule has 0 radical (unpaired) electrons. The summed E-state index contributed by atoms with van der Waals surface area (Å²) in [6.45, 7) is 5.99. The molecule has 0 aromatic rings. The molecule has 0 heterocycles. The summed E-state index contributed by atoms with van der Waals surface area (Å²) in [7, 11) is 0. The maximum atomic E-state index is 5.61. The minimum atomic E-state index is 0.905. The van der Waals surface area contributed by atoms with Crippen LogP contribution in [-0.4, -0.2) is 6.26 Å². The first-order valence-electron chi connectivity index (χ1n) is 3.27. The number of thioether (sulfide) groups is 1. The SMILES string of the molecule is C/C=C(SC)\C(C)=C(\C)N. The Balaban J connectivity index is 4.48. The number of allylic oxidation sites excluding steroid dienone is 3. The summed E-state index contributed by atoms with van der Waals surface area (Å²) >= 11 is 1.73. The highest BCUT2D eigenvalue weighted by Crippen LogP contribution is 2.21. The maximum Gasteiger partial charge on any atom is 0.00897 e. The molecule has 0 aliphatic rings. The molecule has 0 aromatic heterocycles. The van der Waals surface area contributed by atoms with E-state index in [2.05, 4.69) is 12.3 Å². The third kappa shape index (κ3) is 2.48. The van der Waals surface area contributed by atoms with E-state index in [0.29, 0.717) is 0 Å². The maximum absolute atomic E-state index is 5.61. The lowest BCUT2D eigenvalue weighted by Gasteiger charge is -2.04. The monoisotopic (exact) mass is 157 g/mol. The Morgan fingerprint density at radius 3 is 2.00 bits per heavy atom. The van der Waals surface area contributed by atoms with Gasteiger partial charge in [0.15, 0.2) is 0 Å². The van der Waals surface area contributed by atoms with Crippen LogP contribution in [-0.2, 0) is 0 Å². The molecule has 2 heteroatoms. The van der Waals surface area contributed by atoms with E-state index < -0.39 is 0 Å². The van der Waals surface area contributed by atoms with Crippen molar-refractivity contribution in [2.24, 2.45) is 5.73 Å². The second-order valence-electron chi connectivity index (χ2n) is 2.17. The molecule has 0 spiro atoms. The molecule has 0 unspecified atom stereocenters. The molecule has 0 amide bonds. The molecule has 0 saturated carbocycles. The lowest BCUT2D eigenvalue weighted by atomic mass is 10.2. The van der Waals surface area contributed by atoms with Crippen molar-refractivity contribution >= 4 is 11.8 Å². The summed E-state index contributed by atoms with van der Waals surface area (Å²) in [4.78, 5) is 1.26. The molecule has 58 valence electrons. The van der Waals surface area contributed by atoms with E-state index in [0.717, 1.165) is 5.70 Å². The quantitative estimate of drug-likeness (QED) is 0.623. The number of rotatable bonds is 2. The van der Waals surface area contributed by atoms with E-state index in [1.165, 1.54) is 10.5 Å². The number of hydrogen-bond acceptors (Lipinski definition) is 2. The van der Waals surface area contributed by atoms with Crippen molar-refractivity contribution in [1.29, 1.82) is 0 Å². The predicted octanol–water partition coefficient (Wildman–Crippen LogP) is 2.51. The summed E-state index contributed by atoms with van der Waals surface area (Å²) in [5.41, 5.74) is 7.71. The average molecular weight is 157 g/mol. The molecule has 0 rings (SSSR count). The van der Waals surface area contributed by atoms with Gasteiger partial charge >= 0.3 is 0 Å². The zero-order valence-corrected chi connectivity index (χ0v) is 7.88. The Hall–Kier alpha value is -0.370. The summed E-state index contributed by atoms with van der Waals surface area (Å²) in [6.07, 6.45) is 4.14. The van der Waals surface area contributed by atoms with Crippen LogP contribution in [0.2, 0.25) is 0 Å². The van der Waals surface area contributed by atoms with Crippen LogP contribution in [0.4, 0.5) is 0 Å². The van der Waals surface area contributed by atoms with E-state index in [-0.39, 0.29) is 0 Å². The van der Waals surface area contributed by atoms with Crippen LogP contribution in [0.15, 0.2) is 22.3 Å². The second-order valence-corrected chi connectivity index (χ2v) is 3.01. The standard InChI is InChI=1S/C8H15NS/c1-5-8(10-4)6(2)7(3)9/h5H,9H2,1-4H3/b7-6-,8-5+. The van der Waals surface area contributed by atoms with Crippen LogP contribution in [0.25, 0.3) is 0 Å². The summed E-state index contributed by atoms with van der Waals surface area (Å²) in [5, 5.41) is 0. The third-order valence-corrected chi connectivity index (χ3v) is 2.42. The van der Waals surface area contributed by atoms with Crippen LogP contribution in [0.1, 0.15) is 20.8 Å². The van der Waals surface area contributed by atoms with Crippen molar-refractivity contribution in [3.8, 4) is 0 Å².